The van der Waals surface area contributed by atoms with Crippen LogP contribution in [0, 0.1) is 23.6 Å². The van der Waals surface area contributed by atoms with E-state index in [1.807, 2.05) is 19.1 Å². The quantitative estimate of drug-likeness (QED) is 0.195. The fourth-order valence-corrected chi connectivity index (χ4v) is 5.47. The maximum absolute atomic E-state index is 13.9. The van der Waals surface area contributed by atoms with Crippen LogP contribution in [0.4, 0.5) is 4.39 Å². The number of hydrogen-bond acceptors (Lipinski definition) is 4. The molecule has 2 aromatic rings. The van der Waals surface area contributed by atoms with Crippen LogP contribution in [0.1, 0.15) is 40.5 Å². The second kappa shape index (κ2) is 10.7. The zero-order valence-electron chi connectivity index (χ0n) is 19.2. The summed E-state index contributed by atoms with van der Waals surface area (Å²) < 4.78 is 13.5. The van der Waals surface area contributed by atoms with Crippen LogP contribution in [0.15, 0.2) is 54.6 Å². The Morgan fingerprint density at radius 1 is 1.11 bits per heavy atom. The van der Waals surface area contributed by atoms with Crippen LogP contribution in [0.5, 0.6) is 0 Å². The molecule has 2 aliphatic rings. The van der Waals surface area contributed by atoms with E-state index in [0.717, 1.165) is 22.2 Å². The molecule has 4 rings (SSSR count). The van der Waals surface area contributed by atoms with Crippen molar-refractivity contribution in [2.75, 3.05) is 5.88 Å². The van der Waals surface area contributed by atoms with Gasteiger partial charge >= 0.3 is 0 Å². The van der Waals surface area contributed by atoms with Crippen molar-refractivity contribution in [3.63, 3.8) is 0 Å². The topological polar surface area (TPSA) is 74.8 Å². The Morgan fingerprint density at radius 2 is 1.81 bits per heavy atom. The average Bonchev–Trinajstić information content (AvgIpc) is 3.09. The highest BCUT2D eigenvalue weighted by Gasteiger charge is 2.55. The minimum absolute atomic E-state index is 0.0112. The predicted molar refractivity (Wildman–Crippen MR) is 134 cm³/mol. The number of fused-ring (bicyclic) bond motifs is 1. The lowest BCUT2D eigenvalue weighted by molar-refractivity contribution is -0.156. The number of ketones is 1. The van der Waals surface area contributed by atoms with Crippen LogP contribution in [0.25, 0.3) is 0 Å². The summed E-state index contributed by atoms with van der Waals surface area (Å²) in [5.41, 5.74) is 0.0484. The van der Waals surface area contributed by atoms with Gasteiger partial charge in [0.25, 0.3) is 17.7 Å². The van der Waals surface area contributed by atoms with Crippen molar-refractivity contribution in [2.24, 2.45) is 17.8 Å². The van der Waals surface area contributed by atoms with Crippen molar-refractivity contribution in [2.45, 2.75) is 25.8 Å². The number of amides is 3. The lowest BCUT2D eigenvalue weighted by Crippen LogP contribution is -2.57. The molecule has 0 bridgehead atoms. The Balaban J connectivity index is 1.84. The summed E-state index contributed by atoms with van der Waals surface area (Å²) in [6, 6.07) is 7.60. The summed E-state index contributed by atoms with van der Waals surface area (Å²) in [7, 11) is 0. The number of nitrogens with zero attached hydrogens (tertiary/aromatic N) is 2. The van der Waals surface area contributed by atoms with Gasteiger partial charge in [0, 0.05) is 16.5 Å². The van der Waals surface area contributed by atoms with E-state index < -0.39 is 47.2 Å². The van der Waals surface area contributed by atoms with Crippen molar-refractivity contribution >= 4 is 58.3 Å². The van der Waals surface area contributed by atoms with Crippen molar-refractivity contribution in [3.05, 3.63) is 81.6 Å². The highest BCUT2D eigenvalue weighted by Crippen LogP contribution is 2.40. The Bertz CT molecular complexity index is 1250. The normalized spacial score (nSPS) is 21.9. The number of imide groups is 1. The molecule has 4 atom stereocenters. The number of hydrogen-bond donors (Lipinski definition) is 0. The van der Waals surface area contributed by atoms with Crippen molar-refractivity contribution in [1.82, 2.24) is 10.0 Å². The van der Waals surface area contributed by atoms with E-state index in [-0.39, 0.29) is 39.4 Å². The first-order chi connectivity index (χ1) is 17.1. The second-order valence-corrected chi connectivity index (χ2v) is 10.0. The number of carbonyl (C=O) groups is 4. The van der Waals surface area contributed by atoms with Gasteiger partial charge in [-0.2, -0.15) is 5.01 Å². The molecule has 0 saturated carbocycles. The fraction of sp³-hybridized carbons (Fsp3) is 0.308. The first-order valence-corrected chi connectivity index (χ1v) is 12.6. The standard InChI is InChI=1S/C26H22Cl3FN2O4/c1-14-3-2-4-19-22(14)26(36)32(25(19)35)31(24(34)18-10-7-16(28)13-20(18)29)21(11-12-27)23(33)15-5-8-17(30)9-6-15/h2-3,5-10,13-14,19,21-22H,4,11-12H2,1H3/t14-,19+,21-,22-/m1/s1. The zero-order valence-corrected chi connectivity index (χ0v) is 21.4. The van der Waals surface area contributed by atoms with Gasteiger partial charge in [-0.1, -0.05) is 42.3 Å². The summed E-state index contributed by atoms with van der Waals surface area (Å²) in [5.74, 6) is -4.76. The fourth-order valence-electron chi connectivity index (χ4n) is 4.78. The third kappa shape index (κ3) is 4.80. The third-order valence-corrected chi connectivity index (χ3v) is 7.31. The Morgan fingerprint density at radius 3 is 2.42 bits per heavy atom. The van der Waals surface area contributed by atoms with Gasteiger partial charge in [0.15, 0.2) is 5.78 Å². The molecular weight excluding hydrogens is 530 g/mol. The number of benzene rings is 2. The summed E-state index contributed by atoms with van der Waals surface area (Å²) >= 11 is 18.3. The molecular formula is C26H22Cl3FN2O4. The maximum atomic E-state index is 13.9. The van der Waals surface area contributed by atoms with E-state index in [1.54, 1.807) is 0 Å². The predicted octanol–water partition coefficient (Wildman–Crippen LogP) is 5.57. The molecule has 36 heavy (non-hydrogen) atoms. The van der Waals surface area contributed by atoms with Crippen LogP contribution >= 0.6 is 34.8 Å². The minimum Gasteiger partial charge on any atom is -0.292 e. The van der Waals surface area contributed by atoms with Crippen LogP contribution in [-0.2, 0) is 9.59 Å². The van der Waals surface area contributed by atoms with Gasteiger partial charge in [-0.3, -0.25) is 19.2 Å². The first kappa shape index (κ1) is 26.3. The van der Waals surface area contributed by atoms with Gasteiger partial charge in [0.05, 0.1) is 22.4 Å². The molecule has 0 spiro atoms. The van der Waals surface area contributed by atoms with E-state index in [9.17, 15) is 23.6 Å². The number of hydrazine groups is 1. The lowest BCUT2D eigenvalue weighted by Gasteiger charge is -2.36. The molecule has 1 saturated heterocycles. The maximum Gasteiger partial charge on any atom is 0.275 e. The lowest BCUT2D eigenvalue weighted by atomic mass is 9.78. The van der Waals surface area contributed by atoms with Gasteiger partial charge in [-0.15, -0.1) is 11.6 Å². The molecule has 1 aliphatic carbocycles. The number of Topliss-reactive ketones (excluding diaryl/α,β-unsaturated/α-hetero) is 1. The van der Waals surface area contributed by atoms with Crippen LogP contribution in [-0.4, -0.2) is 45.4 Å². The third-order valence-electron chi connectivity index (χ3n) is 6.54. The average molecular weight is 552 g/mol. The van der Waals surface area contributed by atoms with E-state index in [2.05, 4.69) is 0 Å². The molecule has 3 amide bonds. The Kier molecular flexibility index (Phi) is 7.83. The van der Waals surface area contributed by atoms with Gasteiger partial charge in [-0.05, 0) is 61.2 Å². The van der Waals surface area contributed by atoms with E-state index in [0.29, 0.717) is 6.42 Å². The van der Waals surface area contributed by atoms with Gasteiger partial charge in [0.1, 0.15) is 11.9 Å². The molecule has 2 aromatic carbocycles. The summed E-state index contributed by atoms with van der Waals surface area (Å²) in [5, 5.41) is 1.92. The number of rotatable bonds is 7. The van der Waals surface area contributed by atoms with E-state index in [1.165, 1.54) is 30.3 Å². The Hall–Kier alpha value is -2.74. The number of allylic oxidation sites excluding steroid dienone is 2. The van der Waals surface area contributed by atoms with Crippen molar-refractivity contribution in [1.29, 1.82) is 0 Å². The molecule has 0 aromatic heterocycles. The van der Waals surface area contributed by atoms with Crippen LogP contribution < -0.4 is 0 Å². The molecule has 188 valence electrons. The number of alkyl halides is 1. The molecule has 6 nitrogen and oxygen atoms in total. The second-order valence-electron chi connectivity index (χ2n) is 8.78. The summed E-state index contributed by atoms with van der Waals surface area (Å²) in [4.78, 5) is 54.7. The highest BCUT2D eigenvalue weighted by atomic mass is 35.5. The zero-order chi connectivity index (χ0) is 26.1. The van der Waals surface area contributed by atoms with Gasteiger partial charge in [0.2, 0.25) is 0 Å². The SMILES string of the molecule is C[C@@H]1C=CC[C@@H]2C(=O)N(N(C(=O)c3ccc(Cl)cc3Cl)[C@H](CCCl)C(=O)c3ccc(F)cc3)C(=O)[C@H]12. The Labute approximate surface area is 222 Å². The van der Waals surface area contributed by atoms with Crippen molar-refractivity contribution in [3.8, 4) is 0 Å². The van der Waals surface area contributed by atoms with Gasteiger partial charge in [-0.25, -0.2) is 9.40 Å². The number of carbonyl (C=O) groups excluding carboxylic acids is 4. The van der Waals surface area contributed by atoms with Crippen LogP contribution in [0.2, 0.25) is 10.0 Å². The monoisotopic (exact) mass is 550 g/mol. The highest BCUT2D eigenvalue weighted by molar-refractivity contribution is 6.36. The van der Waals surface area contributed by atoms with Crippen molar-refractivity contribution < 1.29 is 23.6 Å². The van der Waals surface area contributed by atoms with Gasteiger partial charge < -0.3 is 0 Å². The van der Waals surface area contributed by atoms with E-state index >= 15 is 0 Å². The van der Waals surface area contributed by atoms with E-state index in [4.69, 9.17) is 34.8 Å². The summed E-state index contributed by atoms with van der Waals surface area (Å²) in [6.45, 7) is 1.82. The first-order valence-electron chi connectivity index (χ1n) is 11.3. The smallest absolute Gasteiger partial charge is 0.275 e. The largest absolute Gasteiger partial charge is 0.292 e. The molecule has 0 radical (unpaired) electrons. The summed E-state index contributed by atoms with van der Waals surface area (Å²) in [6.07, 6.45) is 3.96. The minimum atomic E-state index is -1.33. The van der Waals surface area contributed by atoms with Crippen LogP contribution in [0.3, 0.4) is 0 Å². The number of halogens is 4. The molecule has 0 N–H and O–H groups in total. The molecule has 1 heterocycles. The molecule has 1 aliphatic heterocycles. The molecule has 0 unspecified atom stereocenters. The molecule has 1 fully saturated rings. The molecule has 10 heteroatoms.